The second-order valence-electron chi connectivity index (χ2n) is 4.23. The van der Waals surface area contributed by atoms with Gasteiger partial charge in [0, 0.05) is 13.1 Å². The Balaban J connectivity index is 1.98. The normalized spacial score (nSPS) is 17.3. The Morgan fingerprint density at radius 3 is 2.65 bits per heavy atom. The first kappa shape index (κ1) is 12.3. The fourth-order valence-corrected chi connectivity index (χ4v) is 2.35. The molecule has 3 nitrogen and oxygen atoms in total. The minimum Gasteiger partial charge on any atom is -0.497 e. The third-order valence-electron chi connectivity index (χ3n) is 3.07. The van der Waals surface area contributed by atoms with Gasteiger partial charge in [-0.15, -0.1) is 0 Å². The number of aliphatic hydroxyl groups excluding tert-OH is 1. The number of rotatable bonds is 4. The lowest BCUT2D eigenvalue weighted by Crippen LogP contribution is -2.28. The summed E-state index contributed by atoms with van der Waals surface area (Å²) < 4.78 is 5.09. The molecule has 1 aromatic rings. The zero-order chi connectivity index (χ0) is 12.3. The molecule has 92 valence electrons. The van der Waals surface area contributed by atoms with Crippen LogP contribution >= 0.6 is 12.2 Å². The molecule has 0 amide bonds. The predicted octanol–water partition coefficient (Wildman–Crippen LogP) is 2.15. The quantitative estimate of drug-likeness (QED) is 0.831. The summed E-state index contributed by atoms with van der Waals surface area (Å²) >= 11 is 5.24. The Morgan fingerprint density at radius 2 is 2.12 bits per heavy atom. The lowest BCUT2D eigenvalue weighted by molar-refractivity contribution is 0.148. The number of ether oxygens (including phenoxy) is 1. The van der Waals surface area contributed by atoms with Crippen LogP contribution in [0.4, 0.5) is 0 Å². The summed E-state index contributed by atoms with van der Waals surface area (Å²) in [6.45, 7) is 1.55. The smallest absolute Gasteiger partial charge is 0.118 e. The maximum Gasteiger partial charge on any atom is 0.118 e. The Bertz CT molecular complexity index is 391. The summed E-state index contributed by atoms with van der Waals surface area (Å²) in [6, 6.07) is 7.51. The van der Waals surface area contributed by atoms with Gasteiger partial charge in [-0.1, -0.05) is 24.4 Å². The third-order valence-corrected chi connectivity index (χ3v) is 3.53. The molecule has 0 saturated carbocycles. The monoisotopic (exact) mass is 251 g/mol. The van der Waals surface area contributed by atoms with Gasteiger partial charge in [0.25, 0.3) is 0 Å². The molecule has 1 unspecified atom stereocenters. The first-order valence-electron chi connectivity index (χ1n) is 5.80. The predicted molar refractivity (Wildman–Crippen MR) is 71.4 cm³/mol. The molecule has 0 spiro atoms. The number of nitrogens with zero attached hydrogens (tertiary/aromatic N) is 1. The fraction of sp³-hybridized carbons (Fsp3) is 0.462. The van der Waals surface area contributed by atoms with Crippen molar-refractivity contribution in [2.24, 2.45) is 0 Å². The zero-order valence-corrected chi connectivity index (χ0v) is 10.7. The first-order valence-corrected chi connectivity index (χ1v) is 6.21. The molecule has 0 bridgehead atoms. The summed E-state index contributed by atoms with van der Waals surface area (Å²) in [7, 11) is 1.63. The molecular formula is C13H17NO2S. The van der Waals surface area contributed by atoms with E-state index in [2.05, 4.69) is 4.90 Å². The number of β-amino-alcohol motifs (C(OH)–C–C–N with tert-alkyl or cyclic N) is 1. The number of aliphatic hydroxyl groups is 1. The van der Waals surface area contributed by atoms with E-state index in [-0.39, 0.29) is 0 Å². The highest BCUT2D eigenvalue weighted by Crippen LogP contribution is 2.21. The Labute approximate surface area is 107 Å². The topological polar surface area (TPSA) is 32.7 Å². The van der Waals surface area contributed by atoms with Crippen molar-refractivity contribution in [2.75, 3.05) is 20.2 Å². The van der Waals surface area contributed by atoms with Crippen LogP contribution in [0.25, 0.3) is 0 Å². The molecule has 0 radical (unpaired) electrons. The van der Waals surface area contributed by atoms with Crippen molar-refractivity contribution in [3.63, 3.8) is 0 Å². The van der Waals surface area contributed by atoms with Gasteiger partial charge in [0.05, 0.1) is 18.2 Å². The van der Waals surface area contributed by atoms with E-state index >= 15 is 0 Å². The van der Waals surface area contributed by atoms with E-state index in [0.29, 0.717) is 6.54 Å². The summed E-state index contributed by atoms with van der Waals surface area (Å²) in [5.41, 5.74) is 0.903. The fourth-order valence-electron chi connectivity index (χ4n) is 2.04. The largest absolute Gasteiger partial charge is 0.497 e. The minimum atomic E-state index is -0.489. The zero-order valence-electron chi connectivity index (χ0n) is 9.93. The lowest BCUT2D eigenvalue weighted by atomic mass is 10.1. The number of thiocarbonyl (C=S) groups is 1. The van der Waals surface area contributed by atoms with Gasteiger partial charge in [0.1, 0.15) is 5.75 Å². The standard InChI is InChI=1S/C13H17NO2S/c1-16-11-6-4-10(5-7-11)12(15)9-14-8-2-3-13(14)17/h4-7,12,15H,2-3,8-9H2,1H3. The van der Waals surface area contributed by atoms with Crippen LogP contribution in [0.5, 0.6) is 5.75 Å². The third kappa shape index (κ3) is 2.96. The SMILES string of the molecule is COc1ccc(C(O)CN2CCCC2=S)cc1. The molecule has 0 aromatic heterocycles. The Hall–Kier alpha value is -1.13. The molecule has 1 fully saturated rings. The summed E-state index contributed by atoms with van der Waals surface area (Å²) in [5.74, 6) is 0.803. The molecule has 1 heterocycles. The van der Waals surface area contributed by atoms with Gasteiger partial charge in [0.2, 0.25) is 0 Å². The van der Waals surface area contributed by atoms with E-state index in [1.54, 1.807) is 7.11 Å². The van der Waals surface area contributed by atoms with Crippen LogP contribution in [0, 0.1) is 0 Å². The molecule has 2 rings (SSSR count). The molecule has 4 heteroatoms. The maximum absolute atomic E-state index is 10.1. The molecule has 17 heavy (non-hydrogen) atoms. The number of hydrogen-bond donors (Lipinski definition) is 1. The van der Waals surface area contributed by atoms with Crippen LogP contribution in [0.2, 0.25) is 0 Å². The molecule has 1 aliphatic heterocycles. The first-order chi connectivity index (χ1) is 8.20. The minimum absolute atomic E-state index is 0.489. The molecule has 1 saturated heterocycles. The number of methoxy groups -OCH3 is 1. The van der Waals surface area contributed by atoms with Gasteiger partial charge in [-0.3, -0.25) is 0 Å². The molecule has 1 aliphatic rings. The van der Waals surface area contributed by atoms with Crippen LogP contribution in [0.15, 0.2) is 24.3 Å². The van der Waals surface area contributed by atoms with Gasteiger partial charge in [-0.05, 0) is 30.5 Å². The highest BCUT2D eigenvalue weighted by Gasteiger charge is 2.20. The van der Waals surface area contributed by atoms with Gasteiger partial charge in [0.15, 0.2) is 0 Å². The Kier molecular flexibility index (Phi) is 3.97. The average molecular weight is 251 g/mol. The molecule has 1 aromatic carbocycles. The van der Waals surface area contributed by atoms with E-state index in [1.165, 1.54) is 0 Å². The molecule has 1 atom stereocenters. The molecule has 1 N–H and O–H groups in total. The van der Waals surface area contributed by atoms with Crippen LogP contribution in [0.1, 0.15) is 24.5 Å². The van der Waals surface area contributed by atoms with Gasteiger partial charge >= 0.3 is 0 Å². The average Bonchev–Trinajstić information content (AvgIpc) is 2.75. The van der Waals surface area contributed by atoms with Crippen LogP contribution in [0.3, 0.4) is 0 Å². The molecular weight excluding hydrogens is 234 g/mol. The number of hydrogen-bond acceptors (Lipinski definition) is 3. The van der Waals surface area contributed by atoms with E-state index in [1.807, 2.05) is 24.3 Å². The van der Waals surface area contributed by atoms with Crippen LogP contribution in [-0.2, 0) is 0 Å². The molecule has 0 aliphatic carbocycles. The summed E-state index contributed by atoms with van der Waals surface area (Å²) in [5, 5.41) is 10.1. The van der Waals surface area contributed by atoms with Gasteiger partial charge in [-0.2, -0.15) is 0 Å². The van der Waals surface area contributed by atoms with E-state index in [9.17, 15) is 5.11 Å². The van der Waals surface area contributed by atoms with Crippen molar-refractivity contribution >= 4 is 17.2 Å². The van der Waals surface area contributed by atoms with Crippen molar-refractivity contribution < 1.29 is 9.84 Å². The summed E-state index contributed by atoms with van der Waals surface area (Å²) in [6.07, 6.45) is 1.59. The Morgan fingerprint density at radius 1 is 1.41 bits per heavy atom. The second kappa shape index (κ2) is 5.47. The van der Waals surface area contributed by atoms with Crippen molar-refractivity contribution in [1.29, 1.82) is 0 Å². The van der Waals surface area contributed by atoms with Gasteiger partial charge in [-0.25, -0.2) is 0 Å². The van der Waals surface area contributed by atoms with E-state index in [0.717, 1.165) is 35.7 Å². The van der Waals surface area contributed by atoms with Crippen molar-refractivity contribution in [3.05, 3.63) is 29.8 Å². The number of benzene rings is 1. The van der Waals surface area contributed by atoms with Crippen molar-refractivity contribution in [2.45, 2.75) is 18.9 Å². The number of likely N-dealkylation sites (tertiary alicyclic amines) is 1. The van der Waals surface area contributed by atoms with Crippen molar-refractivity contribution in [1.82, 2.24) is 4.90 Å². The summed E-state index contributed by atoms with van der Waals surface area (Å²) in [4.78, 5) is 3.06. The van der Waals surface area contributed by atoms with Crippen LogP contribution in [-0.4, -0.2) is 35.2 Å². The second-order valence-corrected chi connectivity index (χ2v) is 4.70. The van der Waals surface area contributed by atoms with Crippen molar-refractivity contribution in [3.8, 4) is 5.75 Å². The van der Waals surface area contributed by atoms with E-state index in [4.69, 9.17) is 17.0 Å². The van der Waals surface area contributed by atoms with Crippen LogP contribution < -0.4 is 4.74 Å². The highest BCUT2D eigenvalue weighted by atomic mass is 32.1. The van der Waals surface area contributed by atoms with E-state index < -0.39 is 6.10 Å². The maximum atomic E-state index is 10.1. The lowest BCUT2D eigenvalue weighted by Gasteiger charge is -2.22. The highest BCUT2D eigenvalue weighted by molar-refractivity contribution is 7.80. The van der Waals surface area contributed by atoms with Gasteiger partial charge < -0.3 is 14.7 Å².